The Morgan fingerprint density at radius 2 is 2.11 bits per heavy atom. The van der Waals surface area contributed by atoms with Gasteiger partial charge in [0, 0.05) is 30.9 Å². The summed E-state index contributed by atoms with van der Waals surface area (Å²) in [6, 6.07) is 6.73. The van der Waals surface area contributed by atoms with Crippen LogP contribution in [-0.2, 0) is 0 Å². The summed E-state index contributed by atoms with van der Waals surface area (Å²) in [5.74, 6) is 0.520. The van der Waals surface area contributed by atoms with Crippen molar-refractivity contribution in [2.75, 3.05) is 13.1 Å². The van der Waals surface area contributed by atoms with Crippen LogP contribution in [0.5, 0.6) is 5.75 Å². The van der Waals surface area contributed by atoms with E-state index in [1.165, 1.54) is 6.07 Å². The van der Waals surface area contributed by atoms with Crippen molar-refractivity contribution in [3.05, 3.63) is 42.5 Å². The molecule has 1 fully saturated rings. The standard InChI is InChI=1S/C13H13F2N3O/c14-13(15)19-12-4-2-1-3-10(12)18-8-17-7-11(18)9-5-16-6-9/h1-4,7-9,13,16H,5-6H2. The quantitative estimate of drug-likeness (QED) is 0.920. The van der Waals surface area contributed by atoms with Crippen molar-refractivity contribution >= 4 is 0 Å². The van der Waals surface area contributed by atoms with Gasteiger partial charge in [0.15, 0.2) is 0 Å². The molecule has 1 saturated heterocycles. The lowest BCUT2D eigenvalue weighted by molar-refractivity contribution is -0.0498. The molecule has 0 bridgehead atoms. The van der Waals surface area contributed by atoms with Gasteiger partial charge in [-0.25, -0.2) is 4.98 Å². The number of ether oxygens (including phenoxy) is 1. The molecule has 1 aromatic carbocycles. The van der Waals surface area contributed by atoms with E-state index in [4.69, 9.17) is 0 Å². The Balaban J connectivity index is 1.99. The maximum Gasteiger partial charge on any atom is 0.387 e. The molecular formula is C13H13F2N3O. The van der Waals surface area contributed by atoms with Gasteiger partial charge in [-0.3, -0.25) is 4.57 Å². The summed E-state index contributed by atoms with van der Waals surface area (Å²) in [4.78, 5) is 4.11. The van der Waals surface area contributed by atoms with Crippen LogP contribution < -0.4 is 10.1 Å². The summed E-state index contributed by atoms with van der Waals surface area (Å²) in [6.45, 7) is -1.08. The van der Waals surface area contributed by atoms with Crippen LogP contribution in [0.25, 0.3) is 5.69 Å². The number of hydrogen-bond donors (Lipinski definition) is 1. The Labute approximate surface area is 109 Å². The number of aromatic nitrogens is 2. The Kier molecular flexibility index (Phi) is 3.16. The molecule has 19 heavy (non-hydrogen) atoms. The monoisotopic (exact) mass is 265 g/mol. The van der Waals surface area contributed by atoms with E-state index in [1.54, 1.807) is 30.7 Å². The normalized spacial score (nSPS) is 15.5. The minimum atomic E-state index is -2.83. The predicted octanol–water partition coefficient (Wildman–Crippen LogP) is 2.16. The van der Waals surface area contributed by atoms with Crippen molar-refractivity contribution in [2.45, 2.75) is 12.5 Å². The highest BCUT2D eigenvalue weighted by Crippen LogP contribution is 2.29. The molecule has 1 aromatic heterocycles. The molecule has 0 aliphatic carbocycles. The fraction of sp³-hybridized carbons (Fsp3) is 0.308. The SMILES string of the molecule is FC(F)Oc1ccccc1-n1cncc1C1CNC1. The fourth-order valence-electron chi connectivity index (χ4n) is 2.16. The summed E-state index contributed by atoms with van der Waals surface area (Å²) in [6.07, 6.45) is 3.39. The minimum absolute atomic E-state index is 0.157. The molecule has 3 rings (SSSR count). The van der Waals surface area contributed by atoms with Gasteiger partial charge in [-0.1, -0.05) is 12.1 Å². The van der Waals surface area contributed by atoms with E-state index in [0.717, 1.165) is 18.8 Å². The highest BCUT2D eigenvalue weighted by Gasteiger charge is 2.24. The summed E-state index contributed by atoms with van der Waals surface area (Å²) in [7, 11) is 0. The van der Waals surface area contributed by atoms with E-state index in [-0.39, 0.29) is 5.75 Å². The first kappa shape index (κ1) is 12.1. The Hall–Kier alpha value is -1.95. The van der Waals surface area contributed by atoms with Crippen LogP contribution in [-0.4, -0.2) is 29.3 Å². The molecule has 0 saturated carbocycles. The lowest BCUT2D eigenvalue weighted by Crippen LogP contribution is -2.40. The zero-order valence-electron chi connectivity index (χ0n) is 10.1. The zero-order valence-corrected chi connectivity index (χ0v) is 10.1. The van der Waals surface area contributed by atoms with Crippen LogP contribution in [0.2, 0.25) is 0 Å². The molecule has 1 N–H and O–H groups in total. The topological polar surface area (TPSA) is 39.1 Å². The maximum absolute atomic E-state index is 12.4. The molecule has 0 unspecified atom stereocenters. The third-order valence-electron chi connectivity index (χ3n) is 3.21. The van der Waals surface area contributed by atoms with E-state index in [1.807, 2.05) is 4.57 Å². The number of alkyl halides is 2. The van der Waals surface area contributed by atoms with Crippen LogP contribution in [0.3, 0.4) is 0 Å². The van der Waals surface area contributed by atoms with E-state index in [9.17, 15) is 8.78 Å². The number of halogens is 2. The molecule has 0 radical (unpaired) electrons. The number of nitrogens with zero attached hydrogens (tertiary/aromatic N) is 2. The van der Waals surface area contributed by atoms with Crippen LogP contribution in [0.15, 0.2) is 36.8 Å². The highest BCUT2D eigenvalue weighted by molar-refractivity contribution is 5.48. The molecule has 0 atom stereocenters. The van der Waals surface area contributed by atoms with E-state index >= 15 is 0 Å². The molecule has 6 heteroatoms. The fourth-order valence-corrected chi connectivity index (χ4v) is 2.16. The van der Waals surface area contributed by atoms with E-state index in [0.29, 0.717) is 11.6 Å². The van der Waals surface area contributed by atoms with Crippen molar-refractivity contribution in [1.29, 1.82) is 0 Å². The first-order chi connectivity index (χ1) is 9.25. The number of imidazole rings is 1. The first-order valence-corrected chi connectivity index (χ1v) is 6.03. The number of hydrogen-bond acceptors (Lipinski definition) is 3. The maximum atomic E-state index is 12.4. The number of rotatable bonds is 4. The van der Waals surface area contributed by atoms with Gasteiger partial charge < -0.3 is 10.1 Å². The zero-order chi connectivity index (χ0) is 13.2. The van der Waals surface area contributed by atoms with Gasteiger partial charge in [0.1, 0.15) is 5.75 Å². The molecular weight excluding hydrogens is 252 g/mol. The van der Waals surface area contributed by atoms with Crippen LogP contribution >= 0.6 is 0 Å². The van der Waals surface area contributed by atoms with Crippen LogP contribution in [0.4, 0.5) is 8.78 Å². The smallest absolute Gasteiger partial charge is 0.387 e. The van der Waals surface area contributed by atoms with Crippen molar-refractivity contribution in [3.8, 4) is 11.4 Å². The average Bonchev–Trinajstić information content (AvgIpc) is 2.75. The molecule has 1 aliphatic heterocycles. The van der Waals surface area contributed by atoms with Gasteiger partial charge in [-0.15, -0.1) is 0 Å². The van der Waals surface area contributed by atoms with Crippen LogP contribution in [0.1, 0.15) is 11.6 Å². The van der Waals surface area contributed by atoms with Gasteiger partial charge in [-0.05, 0) is 12.1 Å². The second-order valence-electron chi connectivity index (χ2n) is 4.39. The summed E-state index contributed by atoms with van der Waals surface area (Å²) in [5, 5.41) is 3.18. The third-order valence-corrected chi connectivity index (χ3v) is 3.21. The molecule has 2 heterocycles. The largest absolute Gasteiger partial charge is 0.433 e. The number of benzene rings is 1. The number of nitrogens with one attached hydrogen (secondary N) is 1. The van der Waals surface area contributed by atoms with Gasteiger partial charge in [0.25, 0.3) is 0 Å². The molecule has 100 valence electrons. The van der Waals surface area contributed by atoms with Gasteiger partial charge in [-0.2, -0.15) is 8.78 Å². The van der Waals surface area contributed by atoms with Gasteiger partial charge in [0.2, 0.25) is 0 Å². The predicted molar refractivity (Wildman–Crippen MR) is 65.8 cm³/mol. The third kappa shape index (κ3) is 2.31. The summed E-state index contributed by atoms with van der Waals surface area (Å²) in [5.41, 5.74) is 1.59. The van der Waals surface area contributed by atoms with E-state index < -0.39 is 6.61 Å². The van der Waals surface area contributed by atoms with Crippen molar-refractivity contribution < 1.29 is 13.5 Å². The molecule has 0 spiro atoms. The minimum Gasteiger partial charge on any atom is -0.433 e. The Bertz CT molecular complexity index is 567. The lowest BCUT2D eigenvalue weighted by atomic mass is 10.00. The lowest BCUT2D eigenvalue weighted by Gasteiger charge is -2.28. The van der Waals surface area contributed by atoms with Crippen LogP contribution in [0, 0.1) is 0 Å². The summed E-state index contributed by atoms with van der Waals surface area (Å²) < 4.78 is 31.2. The molecule has 0 amide bonds. The van der Waals surface area contributed by atoms with Crippen molar-refractivity contribution in [2.24, 2.45) is 0 Å². The Morgan fingerprint density at radius 1 is 1.32 bits per heavy atom. The second kappa shape index (κ2) is 4.97. The first-order valence-electron chi connectivity index (χ1n) is 6.03. The Morgan fingerprint density at radius 3 is 2.79 bits per heavy atom. The highest BCUT2D eigenvalue weighted by atomic mass is 19.3. The van der Waals surface area contributed by atoms with Crippen molar-refractivity contribution in [1.82, 2.24) is 14.9 Å². The van der Waals surface area contributed by atoms with Crippen molar-refractivity contribution in [3.63, 3.8) is 0 Å². The molecule has 1 aliphatic rings. The van der Waals surface area contributed by atoms with Gasteiger partial charge >= 0.3 is 6.61 Å². The second-order valence-corrected chi connectivity index (χ2v) is 4.39. The molecule has 2 aromatic rings. The van der Waals surface area contributed by atoms with Gasteiger partial charge in [0.05, 0.1) is 12.0 Å². The average molecular weight is 265 g/mol. The number of para-hydroxylation sites is 2. The summed E-state index contributed by atoms with van der Waals surface area (Å²) >= 11 is 0. The molecule has 4 nitrogen and oxygen atoms in total. The van der Waals surface area contributed by atoms with E-state index in [2.05, 4.69) is 15.0 Å².